The van der Waals surface area contributed by atoms with Gasteiger partial charge in [-0.2, -0.15) is 0 Å². The summed E-state index contributed by atoms with van der Waals surface area (Å²) in [4.78, 5) is 15.8. The predicted octanol–water partition coefficient (Wildman–Crippen LogP) is 2.26. The van der Waals surface area contributed by atoms with Crippen LogP contribution >= 0.6 is 0 Å². The highest BCUT2D eigenvalue weighted by Gasteiger charge is 2.14. The zero-order valence-electron chi connectivity index (χ0n) is 9.88. The number of esters is 1. The Morgan fingerprint density at radius 1 is 1.35 bits per heavy atom. The molecule has 17 heavy (non-hydrogen) atoms. The average Bonchev–Trinajstić information content (AvgIpc) is 2.73. The summed E-state index contributed by atoms with van der Waals surface area (Å²) in [5, 5.41) is 0. The van der Waals surface area contributed by atoms with Crippen LogP contribution in [0.15, 0.2) is 36.5 Å². The molecule has 1 heterocycles. The van der Waals surface area contributed by atoms with Gasteiger partial charge in [0.05, 0.1) is 6.61 Å². The second kappa shape index (κ2) is 4.82. The quantitative estimate of drug-likeness (QED) is 0.760. The van der Waals surface area contributed by atoms with Crippen LogP contribution in [0.2, 0.25) is 0 Å². The van der Waals surface area contributed by atoms with Gasteiger partial charge in [0.2, 0.25) is 0 Å². The number of hydrogen-bond donors (Lipinski definition) is 0. The minimum absolute atomic E-state index is 0.341. The lowest BCUT2D eigenvalue weighted by molar-refractivity contribution is 0.0520. The summed E-state index contributed by atoms with van der Waals surface area (Å²) in [5.74, 6) is 0.374. The molecule has 0 fully saturated rings. The van der Waals surface area contributed by atoms with Gasteiger partial charge in [-0.15, -0.1) is 0 Å². The smallest absolute Gasteiger partial charge is 0.358 e. The fourth-order valence-electron chi connectivity index (χ4n) is 1.63. The van der Waals surface area contributed by atoms with E-state index >= 15 is 0 Å². The molecule has 1 aromatic heterocycles. The van der Waals surface area contributed by atoms with Gasteiger partial charge in [-0.25, -0.2) is 9.78 Å². The Morgan fingerprint density at radius 2 is 2.06 bits per heavy atom. The second-order valence-electron chi connectivity index (χ2n) is 3.65. The topological polar surface area (TPSA) is 44.1 Å². The number of hydrogen-bond acceptors (Lipinski definition) is 3. The summed E-state index contributed by atoms with van der Waals surface area (Å²) in [6.07, 6.45) is 1.68. The fraction of sp³-hybridized carbons (Fsp3) is 0.231. The van der Waals surface area contributed by atoms with Gasteiger partial charge in [-0.1, -0.05) is 30.3 Å². The van der Waals surface area contributed by atoms with Gasteiger partial charge in [0, 0.05) is 18.8 Å². The maximum absolute atomic E-state index is 11.5. The Labute approximate surface area is 99.9 Å². The molecule has 88 valence electrons. The van der Waals surface area contributed by atoms with Crippen molar-refractivity contribution in [2.24, 2.45) is 7.05 Å². The van der Waals surface area contributed by atoms with E-state index in [0.717, 1.165) is 11.4 Å². The molecule has 0 saturated carbocycles. The molecule has 2 rings (SSSR count). The first kappa shape index (κ1) is 11.4. The predicted molar refractivity (Wildman–Crippen MR) is 64.6 cm³/mol. The van der Waals surface area contributed by atoms with Gasteiger partial charge < -0.3 is 9.30 Å². The van der Waals surface area contributed by atoms with Crippen LogP contribution in [0.5, 0.6) is 0 Å². The summed E-state index contributed by atoms with van der Waals surface area (Å²) in [5.41, 5.74) is 1.32. The van der Waals surface area contributed by atoms with E-state index in [9.17, 15) is 4.79 Å². The van der Waals surface area contributed by atoms with Crippen molar-refractivity contribution in [2.45, 2.75) is 6.92 Å². The third-order valence-corrected chi connectivity index (χ3v) is 2.39. The van der Waals surface area contributed by atoms with Crippen LogP contribution in [0, 0.1) is 0 Å². The molecular weight excluding hydrogens is 216 g/mol. The largest absolute Gasteiger partial charge is 0.461 e. The molecule has 0 radical (unpaired) electrons. The molecule has 0 spiro atoms. The molecule has 0 saturated heterocycles. The number of aryl methyl sites for hydroxylation is 1. The van der Waals surface area contributed by atoms with Gasteiger partial charge in [-0.05, 0) is 6.92 Å². The van der Waals surface area contributed by atoms with Crippen LogP contribution in [-0.2, 0) is 11.8 Å². The van der Waals surface area contributed by atoms with Crippen LogP contribution in [0.4, 0.5) is 0 Å². The van der Waals surface area contributed by atoms with Crippen LogP contribution in [0.25, 0.3) is 11.4 Å². The number of benzene rings is 1. The first-order valence-corrected chi connectivity index (χ1v) is 5.48. The zero-order valence-corrected chi connectivity index (χ0v) is 9.88. The number of nitrogens with zero attached hydrogens (tertiary/aromatic N) is 2. The molecule has 0 amide bonds. The summed E-state index contributed by atoms with van der Waals surface area (Å²) in [6.45, 7) is 2.13. The molecule has 0 aliphatic carbocycles. The van der Waals surface area contributed by atoms with E-state index < -0.39 is 0 Å². The minimum atomic E-state index is -0.384. The van der Waals surface area contributed by atoms with Gasteiger partial charge in [-0.3, -0.25) is 0 Å². The first-order valence-electron chi connectivity index (χ1n) is 5.48. The highest BCUT2D eigenvalue weighted by Crippen LogP contribution is 2.17. The lowest BCUT2D eigenvalue weighted by atomic mass is 10.2. The Kier molecular flexibility index (Phi) is 3.23. The minimum Gasteiger partial charge on any atom is -0.461 e. The Balaban J connectivity index is 2.35. The van der Waals surface area contributed by atoms with Gasteiger partial charge >= 0.3 is 5.97 Å². The van der Waals surface area contributed by atoms with Crippen LogP contribution in [-0.4, -0.2) is 22.1 Å². The lowest BCUT2D eigenvalue weighted by Crippen LogP contribution is -2.04. The van der Waals surface area contributed by atoms with Crippen LogP contribution in [0.3, 0.4) is 0 Å². The molecule has 4 heteroatoms. The van der Waals surface area contributed by atoms with Crippen molar-refractivity contribution in [1.82, 2.24) is 9.55 Å². The maximum Gasteiger partial charge on any atom is 0.358 e. The Morgan fingerprint density at radius 3 is 2.71 bits per heavy atom. The monoisotopic (exact) mass is 230 g/mol. The lowest BCUT2D eigenvalue weighted by Gasteiger charge is -1.99. The maximum atomic E-state index is 11.5. The Hall–Kier alpha value is -2.10. The molecule has 4 nitrogen and oxygen atoms in total. The van der Waals surface area contributed by atoms with Crippen molar-refractivity contribution in [3.8, 4) is 11.4 Å². The number of aromatic nitrogens is 2. The highest BCUT2D eigenvalue weighted by atomic mass is 16.5. The average molecular weight is 230 g/mol. The number of ether oxygens (including phenoxy) is 1. The van der Waals surface area contributed by atoms with E-state index in [1.54, 1.807) is 13.1 Å². The van der Waals surface area contributed by atoms with Crippen molar-refractivity contribution >= 4 is 5.97 Å². The molecule has 2 aromatic rings. The normalized spacial score (nSPS) is 10.2. The van der Waals surface area contributed by atoms with E-state index in [4.69, 9.17) is 4.74 Å². The molecule has 0 aliphatic rings. The Bertz CT molecular complexity index is 517. The summed E-state index contributed by atoms with van der Waals surface area (Å²) in [6, 6.07) is 9.73. The second-order valence-corrected chi connectivity index (χ2v) is 3.65. The highest BCUT2D eigenvalue weighted by molar-refractivity contribution is 5.87. The summed E-state index contributed by atoms with van der Waals surface area (Å²) >= 11 is 0. The van der Waals surface area contributed by atoms with Crippen molar-refractivity contribution in [3.05, 3.63) is 42.2 Å². The van der Waals surface area contributed by atoms with Crippen molar-refractivity contribution in [3.63, 3.8) is 0 Å². The number of imidazole rings is 1. The van der Waals surface area contributed by atoms with E-state index in [2.05, 4.69) is 4.98 Å². The van der Waals surface area contributed by atoms with Crippen molar-refractivity contribution < 1.29 is 9.53 Å². The molecule has 0 unspecified atom stereocenters. The first-order chi connectivity index (χ1) is 8.22. The third-order valence-electron chi connectivity index (χ3n) is 2.39. The van der Waals surface area contributed by atoms with E-state index in [-0.39, 0.29) is 5.97 Å². The molecule has 0 atom stereocenters. The van der Waals surface area contributed by atoms with Crippen LogP contribution < -0.4 is 0 Å². The van der Waals surface area contributed by atoms with Crippen LogP contribution in [0.1, 0.15) is 17.4 Å². The molecule has 0 bridgehead atoms. The number of carbonyl (C=O) groups excluding carboxylic acids is 1. The van der Waals surface area contributed by atoms with Gasteiger partial charge in [0.1, 0.15) is 5.82 Å². The summed E-state index contributed by atoms with van der Waals surface area (Å²) < 4.78 is 6.74. The third kappa shape index (κ3) is 2.36. The SMILES string of the molecule is CCOC(=O)c1cn(C)c(-c2ccccc2)n1. The van der Waals surface area contributed by atoms with E-state index in [1.807, 2.05) is 41.9 Å². The fourth-order valence-corrected chi connectivity index (χ4v) is 1.63. The molecule has 1 aromatic carbocycles. The zero-order chi connectivity index (χ0) is 12.3. The van der Waals surface area contributed by atoms with Gasteiger partial charge in [0.25, 0.3) is 0 Å². The van der Waals surface area contributed by atoms with Gasteiger partial charge in [0.15, 0.2) is 5.69 Å². The molecule has 0 aliphatic heterocycles. The van der Waals surface area contributed by atoms with E-state index in [0.29, 0.717) is 12.3 Å². The van der Waals surface area contributed by atoms with Crippen molar-refractivity contribution in [2.75, 3.05) is 6.61 Å². The van der Waals surface area contributed by atoms with E-state index in [1.165, 1.54) is 0 Å². The number of carbonyl (C=O) groups is 1. The standard InChI is InChI=1S/C13H14N2O2/c1-3-17-13(16)11-9-15(2)12(14-11)10-7-5-4-6-8-10/h4-9H,3H2,1-2H3. The summed E-state index contributed by atoms with van der Waals surface area (Å²) in [7, 11) is 1.86. The molecule has 0 N–H and O–H groups in total. The number of rotatable bonds is 3. The van der Waals surface area contributed by atoms with Crippen molar-refractivity contribution in [1.29, 1.82) is 0 Å². The molecular formula is C13H14N2O2.